The van der Waals surface area contributed by atoms with Gasteiger partial charge in [-0.25, -0.2) is 0 Å². The number of rotatable bonds is 3. The highest BCUT2D eigenvalue weighted by Gasteiger charge is 2.11. The van der Waals surface area contributed by atoms with Crippen molar-refractivity contribution < 1.29 is 9.90 Å². The van der Waals surface area contributed by atoms with E-state index >= 15 is 0 Å². The molecule has 4 heteroatoms. The van der Waals surface area contributed by atoms with E-state index in [-0.39, 0.29) is 0 Å². The normalized spacial score (nSPS) is 10.2. The second kappa shape index (κ2) is 11.0. The van der Waals surface area contributed by atoms with Gasteiger partial charge in [-0.15, -0.1) is 0 Å². The van der Waals surface area contributed by atoms with Gasteiger partial charge in [0.25, 0.3) is 0 Å². The molecule has 0 spiro atoms. The summed E-state index contributed by atoms with van der Waals surface area (Å²) >= 11 is 0. The molecule has 98 valence electrons. The third-order valence-electron chi connectivity index (χ3n) is 1.75. The first-order valence-electron chi connectivity index (χ1n) is 5.92. The van der Waals surface area contributed by atoms with Gasteiger partial charge in [-0.05, 0) is 24.1 Å². The van der Waals surface area contributed by atoms with Gasteiger partial charge in [-0.2, -0.15) is 0 Å². The topological polar surface area (TPSA) is 89.3 Å². The molecule has 1 atom stereocenters. The van der Waals surface area contributed by atoms with Crippen LogP contribution < -0.4 is 11.5 Å². The summed E-state index contributed by atoms with van der Waals surface area (Å²) in [7, 11) is 0. The quantitative estimate of drug-likeness (QED) is 0.707. The van der Waals surface area contributed by atoms with Gasteiger partial charge in [0.1, 0.15) is 6.04 Å². The Morgan fingerprint density at radius 2 is 1.59 bits per heavy atom. The molecule has 17 heavy (non-hydrogen) atoms. The average Bonchev–Trinajstić information content (AvgIpc) is 2.37. The molecule has 0 heterocycles. The Labute approximate surface area is 104 Å². The summed E-state index contributed by atoms with van der Waals surface area (Å²) in [4.78, 5) is 10.4. The van der Waals surface area contributed by atoms with Crippen LogP contribution in [0.1, 0.15) is 33.3 Å². The molecule has 0 aliphatic heterocycles. The van der Waals surface area contributed by atoms with Crippen LogP contribution in [0.4, 0.5) is 5.69 Å². The predicted molar refractivity (Wildman–Crippen MR) is 72.9 cm³/mol. The number of hydrogen-bond acceptors (Lipinski definition) is 3. The average molecular weight is 240 g/mol. The molecule has 0 aliphatic carbocycles. The lowest BCUT2D eigenvalue weighted by atomic mass is 10.1. The minimum absolute atomic E-state index is 0.329. The lowest BCUT2D eigenvalue weighted by Gasteiger charge is -2.05. The number of anilines is 1. The molecule has 0 amide bonds. The second-order valence-corrected chi connectivity index (χ2v) is 2.89. The molecule has 4 nitrogen and oxygen atoms in total. The summed E-state index contributed by atoms with van der Waals surface area (Å²) in [5, 5.41) is 8.55. The molecule has 1 unspecified atom stereocenters. The zero-order chi connectivity index (χ0) is 13.8. The van der Waals surface area contributed by atoms with Gasteiger partial charge in [0, 0.05) is 5.69 Å². The smallest absolute Gasteiger partial charge is 0.320 e. The van der Waals surface area contributed by atoms with E-state index in [2.05, 4.69) is 0 Å². The lowest BCUT2D eigenvalue weighted by molar-refractivity contribution is -0.138. The monoisotopic (exact) mass is 240 g/mol. The maximum Gasteiger partial charge on any atom is 0.320 e. The van der Waals surface area contributed by atoms with Crippen molar-refractivity contribution in [3.63, 3.8) is 0 Å². The largest absolute Gasteiger partial charge is 0.480 e. The Hall–Kier alpha value is -1.55. The van der Waals surface area contributed by atoms with Crippen LogP contribution in [0, 0.1) is 0 Å². The molecule has 0 aromatic heterocycles. The highest BCUT2D eigenvalue weighted by molar-refractivity contribution is 5.73. The number of nitrogens with two attached hydrogens (primary N) is 2. The van der Waals surface area contributed by atoms with Crippen molar-refractivity contribution in [3.8, 4) is 0 Å². The number of hydrogen-bond donors (Lipinski definition) is 3. The summed E-state index contributed by atoms with van der Waals surface area (Å²) in [5.41, 5.74) is 12.4. The molecular formula is C13H24N2O2. The molecule has 0 saturated heterocycles. The molecule has 0 aliphatic rings. The van der Waals surface area contributed by atoms with E-state index in [0.717, 1.165) is 5.56 Å². The number of nitrogen functional groups attached to an aromatic ring is 1. The van der Waals surface area contributed by atoms with Crippen LogP contribution in [0.5, 0.6) is 0 Å². The van der Waals surface area contributed by atoms with Gasteiger partial charge in [0.2, 0.25) is 0 Å². The van der Waals surface area contributed by atoms with Crippen LogP contribution in [0.2, 0.25) is 0 Å². The summed E-state index contributed by atoms with van der Waals surface area (Å²) < 4.78 is 0. The zero-order valence-corrected chi connectivity index (χ0v) is 11.1. The van der Waals surface area contributed by atoms with Gasteiger partial charge in [-0.1, -0.05) is 39.8 Å². The van der Waals surface area contributed by atoms with Crippen molar-refractivity contribution in [1.29, 1.82) is 0 Å². The van der Waals surface area contributed by atoms with Crippen molar-refractivity contribution in [1.82, 2.24) is 0 Å². The minimum atomic E-state index is -0.989. The van der Waals surface area contributed by atoms with E-state index in [4.69, 9.17) is 16.6 Å². The third kappa shape index (κ3) is 8.28. The molecule has 0 radical (unpaired) electrons. The number of carboxylic acids is 1. The molecule has 0 bridgehead atoms. The summed E-state index contributed by atoms with van der Waals surface area (Å²) in [6, 6.07) is 6.16. The molecule has 1 rings (SSSR count). The molecule has 1 aromatic carbocycles. The molecule has 1 aromatic rings. The third-order valence-corrected chi connectivity index (χ3v) is 1.75. The highest BCUT2D eigenvalue weighted by atomic mass is 16.4. The van der Waals surface area contributed by atoms with Crippen LogP contribution >= 0.6 is 0 Å². The summed E-state index contributed by atoms with van der Waals surface area (Å²) in [5.74, 6) is -0.989. The highest BCUT2D eigenvalue weighted by Crippen LogP contribution is 2.07. The molecule has 5 N–H and O–H groups in total. The number of carboxylic acid groups (broad SMARTS) is 1. The van der Waals surface area contributed by atoms with E-state index in [1.54, 1.807) is 24.3 Å². The first-order valence-corrected chi connectivity index (χ1v) is 5.92. The molecular weight excluding hydrogens is 216 g/mol. The van der Waals surface area contributed by atoms with Gasteiger partial charge in [-0.3, -0.25) is 4.79 Å². The van der Waals surface area contributed by atoms with Crippen LogP contribution in [-0.4, -0.2) is 17.1 Å². The molecule has 0 fully saturated rings. The second-order valence-electron chi connectivity index (χ2n) is 2.89. The Balaban J connectivity index is 0. The van der Waals surface area contributed by atoms with Crippen molar-refractivity contribution >= 4 is 11.7 Å². The van der Waals surface area contributed by atoms with E-state index in [9.17, 15) is 4.79 Å². The first kappa shape index (κ1) is 17.8. The fourth-order valence-electron chi connectivity index (χ4n) is 0.995. The van der Waals surface area contributed by atoms with Crippen LogP contribution in [0.3, 0.4) is 0 Å². The van der Waals surface area contributed by atoms with Crippen molar-refractivity contribution in [2.24, 2.45) is 5.73 Å². The Kier molecular flexibility index (Phi) is 11.5. The van der Waals surface area contributed by atoms with Crippen molar-refractivity contribution in [2.45, 2.75) is 40.2 Å². The Bertz CT molecular complexity index is 297. The maximum absolute atomic E-state index is 10.4. The Morgan fingerprint density at radius 1 is 1.18 bits per heavy atom. The fourth-order valence-corrected chi connectivity index (χ4v) is 0.995. The van der Waals surface area contributed by atoms with Crippen LogP contribution in [-0.2, 0) is 11.2 Å². The van der Waals surface area contributed by atoms with E-state index < -0.39 is 12.0 Å². The summed E-state index contributed by atoms with van der Waals surface area (Å²) in [6.07, 6.45) is 0.329. The minimum Gasteiger partial charge on any atom is -0.480 e. The zero-order valence-electron chi connectivity index (χ0n) is 11.1. The summed E-state index contributed by atoms with van der Waals surface area (Å²) in [6.45, 7) is 8.00. The van der Waals surface area contributed by atoms with E-state index in [1.807, 2.05) is 27.7 Å². The van der Waals surface area contributed by atoms with Gasteiger partial charge < -0.3 is 16.6 Å². The Morgan fingerprint density at radius 3 is 1.94 bits per heavy atom. The standard InChI is InChI=1S/C9H12N2O2.2C2H6/c10-7-3-1-6(2-4-7)5-8(11)9(12)13;2*1-2/h1-4,8H,5,10-11H2,(H,12,13);2*1-2H3. The lowest BCUT2D eigenvalue weighted by Crippen LogP contribution is -2.32. The number of carbonyl (C=O) groups is 1. The maximum atomic E-state index is 10.4. The van der Waals surface area contributed by atoms with Crippen molar-refractivity contribution in [3.05, 3.63) is 29.8 Å². The number of benzene rings is 1. The predicted octanol–water partition coefficient (Wildman–Crippen LogP) is 2.28. The van der Waals surface area contributed by atoms with E-state index in [0.29, 0.717) is 12.1 Å². The van der Waals surface area contributed by atoms with Crippen LogP contribution in [0.25, 0.3) is 0 Å². The van der Waals surface area contributed by atoms with Crippen molar-refractivity contribution in [2.75, 3.05) is 5.73 Å². The first-order chi connectivity index (χ1) is 8.09. The van der Waals surface area contributed by atoms with Gasteiger partial charge in [0.15, 0.2) is 0 Å². The van der Waals surface area contributed by atoms with Gasteiger partial charge >= 0.3 is 5.97 Å². The molecule has 0 saturated carbocycles. The number of aliphatic carboxylic acids is 1. The fraction of sp³-hybridized carbons (Fsp3) is 0.462. The van der Waals surface area contributed by atoms with E-state index in [1.165, 1.54) is 0 Å². The van der Waals surface area contributed by atoms with Crippen LogP contribution in [0.15, 0.2) is 24.3 Å². The van der Waals surface area contributed by atoms with Gasteiger partial charge in [0.05, 0.1) is 0 Å². The SMILES string of the molecule is CC.CC.Nc1ccc(CC(N)C(=O)O)cc1.